The molecule has 0 aromatic carbocycles. The van der Waals surface area contributed by atoms with Crippen molar-refractivity contribution in [3.63, 3.8) is 0 Å². The number of carbonyl (C=O) groups is 1. The highest BCUT2D eigenvalue weighted by Crippen LogP contribution is 2.58. The largest absolute Gasteiger partial charge is 0.515 e. The van der Waals surface area contributed by atoms with Gasteiger partial charge in [-0.3, -0.25) is 4.79 Å². The molecule has 1 N–H and O–H groups in total. The van der Waals surface area contributed by atoms with Crippen LogP contribution in [0.4, 0.5) is 0 Å². The van der Waals surface area contributed by atoms with Crippen molar-refractivity contribution in [1.29, 1.82) is 0 Å². The molecule has 3 fully saturated rings. The van der Waals surface area contributed by atoms with Gasteiger partial charge in [-0.1, -0.05) is 13.8 Å². The lowest BCUT2D eigenvalue weighted by molar-refractivity contribution is -0.141. The number of allylic oxidation sites excluding steroid dienone is 1. The van der Waals surface area contributed by atoms with Gasteiger partial charge in [0.05, 0.1) is 6.26 Å². The number of hydrogen-bond donors (Lipinski definition) is 1. The molecule has 0 unspecified atom stereocenters. The SMILES string of the molecule is CC1(C)[C@H]2C/C(=C/O)C(=O)[C@@H]1C2. The first kappa shape index (κ1) is 7.84. The van der Waals surface area contributed by atoms with E-state index >= 15 is 0 Å². The molecule has 0 aliphatic heterocycles. The van der Waals surface area contributed by atoms with Gasteiger partial charge in [0.1, 0.15) is 0 Å². The Morgan fingerprint density at radius 3 is 2.67 bits per heavy atom. The zero-order valence-corrected chi connectivity index (χ0v) is 7.50. The number of fused-ring (bicyclic) bond motifs is 2. The highest BCUT2D eigenvalue weighted by Gasteiger charge is 2.55. The number of Topliss-reactive ketones (excluding diaryl/α,β-unsaturated/α-hetero) is 1. The van der Waals surface area contributed by atoms with Gasteiger partial charge in [0, 0.05) is 11.5 Å². The summed E-state index contributed by atoms with van der Waals surface area (Å²) in [7, 11) is 0. The number of ketones is 1. The number of rotatable bonds is 0. The van der Waals surface area contributed by atoms with Crippen LogP contribution >= 0.6 is 0 Å². The second-order valence-corrected chi connectivity index (χ2v) is 4.53. The number of aliphatic hydroxyl groups excluding tert-OH is 1. The summed E-state index contributed by atoms with van der Waals surface area (Å²) in [6.07, 6.45) is 2.80. The molecular weight excluding hydrogens is 152 g/mol. The maximum absolute atomic E-state index is 11.6. The van der Waals surface area contributed by atoms with Crippen LogP contribution in [0.15, 0.2) is 11.8 Å². The minimum absolute atomic E-state index is 0.171. The lowest BCUT2D eigenvalue weighted by Gasteiger charge is -2.55. The molecule has 0 radical (unpaired) electrons. The van der Waals surface area contributed by atoms with E-state index in [1.807, 2.05) is 0 Å². The van der Waals surface area contributed by atoms with E-state index in [1.54, 1.807) is 0 Å². The zero-order valence-electron chi connectivity index (χ0n) is 7.50. The van der Waals surface area contributed by atoms with Crippen molar-refractivity contribution in [2.75, 3.05) is 0 Å². The number of carbonyl (C=O) groups excluding carboxylic acids is 1. The second kappa shape index (κ2) is 2.12. The lowest BCUT2D eigenvalue weighted by atomic mass is 9.47. The third-order valence-corrected chi connectivity index (χ3v) is 3.73. The summed E-state index contributed by atoms with van der Waals surface area (Å²) in [4.78, 5) is 11.6. The summed E-state index contributed by atoms with van der Waals surface area (Å²) in [5, 5.41) is 8.79. The zero-order chi connectivity index (χ0) is 8.93. The minimum atomic E-state index is 0.171. The molecule has 3 aliphatic rings. The van der Waals surface area contributed by atoms with Crippen LogP contribution in [0.2, 0.25) is 0 Å². The third kappa shape index (κ3) is 0.728. The summed E-state index contributed by atoms with van der Waals surface area (Å²) < 4.78 is 0. The molecule has 3 aliphatic carbocycles. The maximum atomic E-state index is 11.6. The van der Waals surface area contributed by atoms with Gasteiger partial charge < -0.3 is 5.11 Å². The van der Waals surface area contributed by atoms with Gasteiger partial charge in [0.25, 0.3) is 0 Å². The predicted molar refractivity (Wildman–Crippen MR) is 45.7 cm³/mol. The Labute approximate surface area is 72.3 Å². The quantitative estimate of drug-likeness (QED) is 0.442. The Morgan fingerprint density at radius 1 is 1.58 bits per heavy atom. The fraction of sp³-hybridized carbons (Fsp3) is 0.700. The fourth-order valence-electron chi connectivity index (χ4n) is 2.51. The van der Waals surface area contributed by atoms with Crippen molar-refractivity contribution in [3.05, 3.63) is 11.8 Å². The van der Waals surface area contributed by atoms with E-state index in [0.717, 1.165) is 19.1 Å². The average Bonchev–Trinajstić information content (AvgIpc) is 2.03. The molecule has 0 saturated heterocycles. The lowest BCUT2D eigenvalue weighted by Crippen LogP contribution is -2.53. The first-order chi connectivity index (χ1) is 5.57. The molecule has 2 atom stereocenters. The van der Waals surface area contributed by atoms with Gasteiger partial charge in [-0.2, -0.15) is 0 Å². The molecule has 66 valence electrons. The fourth-order valence-corrected chi connectivity index (χ4v) is 2.51. The normalized spacial score (nSPS) is 41.2. The Kier molecular flexibility index (Phi) is 1.39. The van der Waals surface area contributed by atoms with E-state index < -0.39 is 0 Å². The van der Waals surface area contributed by atoms with E-state index in [1.165, 1.54) is 0 Å². The van der Waals surface area contributed by atoms with Crippen molar-refractivity contribution in [1.82, 2.24) is 0 Å². The van der Waals surface area contributed by atoms with Crippen LogP contribution in [-0.4, -0.2) is 10.9 Å². The van der Waals surface area contributed by atoms with Crippen molar-refractivity contribution in [2.24, 2.45) is 17.3 Å². The highest BCUT2D eigenvalue weighted by molar-refractivity contribution is 5.99. The van der Waals surface area contributed by atoms with Gasteiger partial charge in [0.15, 0.2) is 5.78 Å². The van der Waals surface area contributed by atoms with E-state index in [9.17, 15) is 4.79 Å². The molecule has 0 amide bonds. The molecule has 0 aromatic heterocycles. The molecular formula is C10H14O2. The molecule has 0 spiro atoms. The van der Waals surface area contributed by atoms with Crippen molar-refractivity contribution in [3.8, 4) is 0 Å². The summed E-state index contributed by atoms with van der Waals surface area (Å²) in [6, 6.07) is 0. The van der Waals surface area contributed by atoms with Crippen LogP contribution in [0.3, 0.4) is 0 Å². The molecule has 3 saturated carbocycles. The van der Waals surface area contributed by atoms with Gasteiger partial charge in [-0.05, 0) is 24.2 Å². The van der Waals surface area contributed by atoms with Gasteiger partial charge >= 0.3 is 0 Å². The van der Waals surface area contributed by atoms with Crippen LogP contribution < -0.4 is 0 Å². The monoisotopic (exact) mass is 166 g/mol. The molecule has 0 heterocycles. The molecule has 2 bridgehead atoms. The summed E-state index contributed by atoms with van der Waals surface area (Å²) >= 11 is 0. The second-order valence-electron chi connectivity index (χ2n) is 4.53. The Balaban J connectivity index is 2.28. The van der Waals surface area contributed by atoms with Crippen molar-refractivity contribution < 1.29 is 9.90 Å². The summed E-state index contributed by atoms with van der Waals surface area (Å²) in [5.41, 5.74) is 0.819. The smallest absolute Gasteiger partial charge is 0.165 e. The number of aliphatic hydroxyl groups is 1. The van der Waals surface area contributed by atoms with Crippen LogP contribution in [0.1, 0.15) is 26.7 Å². The van der Waals surface area contributed by atoms with Crippen LogP contribution in [0, 0.1) is 17.3 Å². The molecule has 2 heteroatoms. The Bertz CT molecular complexity index is 263. The van der Waals surface area contributed by atoms with Crippen molar-refractivity contribution in [2.45, 2.75) is 26.7 Å². The Morgan fingerprint density at radius 2 is 2.25 bits per heavy atom. The van der Waals surface area contributed by atoms with Gasteiger partial charge in [0.2, 0.25) is 0 Å². The van der Waals surface area contributed by atoms with Crippen LogP contribution in [0.25, 0.3) is 0 Å². The molecule has 0 aromatic rings. The van der Waals surface area contributed by atoms with E-state index in [2.05, 4.69) is 13.8 Å². The molecule has 3 rings (SSSR count). The third-order valence-electron chi connectivity index (χ3n) is 3.73. The molecule has 2 nitrogen and oxygen atoms in total. The molecule has 12 heavy (non-hydrogen) atoms. The summed E-state index contributed by atoms with van der Waals surface area (Å²) in [6.45, 7) is 4.30. The van der Waals surface area contributed by atoms with Crippen molar-refractivity contribution >= 4 is 5.78 Å². The van der Waals surface area contributed by atoms with Crippen LogP contribution in [-0.2, 0) is 4.79 Å². The first-order valence-corrected chi connectivity index (χ1v) is 4.45. The van der Waals surface area contributed by atoms with E-state index in [-0.39, 0.29) is 17.1 Å². The Hall–Kier alpha value is -0.790. The average molecular weight is 166 g/mol. The van der Waals surface area contributed by atoms with Gasteiger partial charge in [-0.15, -0.1) is 0 Å². The standard InChI is InChI=1S/C10H14O2/c1-10(2)7-3-6(5-11)9(12)8(10)4-7/h5,7-8,11H,3-4H2,1-2H3/b6-5-/t7-,8-/m0/s1. The van der Waals surface area contributed by atoms with E-state index in [4.69, 9.17) is 5.11 Å². The predicted octanol–water partition coefficient (Wildman–Crippen LogP) is 2.06. The first-order valence-electron chi connectivity index (χ1n) is 4.45. The number of hydrogen-bond acceptors (Lipinski definition) is 2. The maximum Gasteiger partial charge on any atom is 0.165 e. The topological polar surface area (TPSA) is 37.3 Å². The highest BCUT2D eigenvalue weighted by atomic mass is 16.2. The summed E-state index contributed by atoms with van der Waals surface area (Å²) in [5.74, 6) is 0.957. The van der Waals surface area contributed by atoms with Crippen LogP contribution in [0.5, 0.6) is 0 Å². The minimum Gasteiger partial charge on any atom is -0.515 e. The van der Waals surface area contributed by atoms with Gasteiger partial charge in [-0.25, -0.2) is 0 Å². The van der Waals surface area contributed by atoms with E-state index in [0.29, 0.717) is 11.5 Å².